The van der Waals surface area contributed by atoms with Crippen LogP contribution in [0.25, 0.3) is 0 Å². The normalized spacial score (nSPS) is 20.7. The molecule has 2 atom stereocenters. The van der Waals surface area contributed by atoms with Crippen LogP contribution >= 0.6 is 15.9 Å². The molecule has 0 aliphatic carbocycles. The molecule has 0 radical (unpaired) electrons. The second kappa shape index (κ2) is 7.69. The van der Waals surface area contributed by atoms with Crippen molar-refractivity contribution < 1.29 is 18.7 Å². The van der Waals surface area contributed by atoms with Crippen LogP contribution in [0, 0.1) is 5.82 Å². The van der Waals surface area contributed by atoms with Gasteiger partial charge in [0.15, 0.2) is 0 Å². The van der Waals surface area contributed by atoms with Crippen molar-refractivity contribution in [2.75, 3.05) is 13.2 Å². The van der Waals surface area contributed by atoms with Crippen LogP contribution in [0.1, 0.15) is 30.1 Å². The van der Waals surface area contributed by atoms with Gasteiger partial charge >= 0.3 is 0 Å². The fourth-order valence-corrected chi connectivity index (χ4v) is 2.68. The molecule has 1 aromatic rings. The summed E-state index contributed by atoms with van der Waals surface area (Å²) in [7, 11) is 0. The van der Waals surface area contributed by atoms with E-state index in [1.54, 1.807) is 0 Å². The van der Waals surface area contributed by atoms with Crippen LogP contribution in [0.15, 0.2) is 22.7 Å². The first-order valence-electron chi connectivity index (χ1n) is 7.11. The minimum atomic E-state index is -0.485. The molecule has 1 fully saturated rings. The molecule has 1 aliphatic rings. The first-order valence-corrected chi connectivity index (χ1v) is 7.91. The van der Waals surface area contributed by atoms with E-state index in [0.717, 1.165) is 12.5 Å². The molecule has 120 valence electrons. The molecule has 22 heavy (non-hydrogen) atoms. The zero-order chi connectivity index (χ0) is 16.1. The first-order chi connectivity index (χ1) is 10.5. The Morgan fingerprint density at radius 3 is 2.91 bits per heavy atom. The maximum absolute atomic E-state index is 13.1. The van der Waals surface area contributed by atoms with E-state index in [4.69, 9.17) is 4.74 Å². The molecule has 2 N–H and O–H groups in total. The molecular weight excluding hydrogens is 355 g/mol. The highest BCUT2D eigenvalue weighted by Crippen LogP contribution is 2.17. The van der Waals surface area contributed by atoms with Gasteiger partial charge < -0.3 is 15.4 Å². The van der Waals surface area contributed by atoms with E-state index in [9.17, 15) is 14.0 Å². The molecule has 1 heterocycles. The molecule has 0 aromatic heterocycles. The van der Waals surface area contributed by atoms with Gasteiger partial charge in [0, 0.05) is 24.0 Å². The van der Waals surface area contributed by atoms with Gasteiger partial charge in [-0.1, -0.05) is 0 Å². The van der Waals surface area contributed by atoms with Gasteiger partial charge in [0.25, 0.3) is 5.91 Å². The number of hydrogen-bond acceptors (Lipinski definition) is 3. The van der Waals surface area contributed by atoms with Crippen LogP contribution in [0.4, 0.5) is 4.39 Å². The van der Waals surface area contributed by atoms with E-state index in [2.05, 4.69) is 26.6 Å². The fraction of sp³-hybridized carbons (Fsp3) is 0.467. The van der Waals surface area contributed by atoms with Crippen molar-refractivity contribution in [2.45, 2.75) is 31.9 Å². The van der Waals surface area contributed by atoms with Gasteiger partial charge in [-0.05, 0) is 47.5 Å². The summed E-state index contributed by atoms with van der Waals surface area (Å²) in [5.74, 6) is -1.04. The molecule has 1 aliphatic heterocycles. The van der Waals surface area contributed by atoms with E-state index in [1.165, 1.54) is 12.1 Å². The highest BCUT2D eigenvalue weighted by Gasteiger charge is 2.25. The van der Waals surface area contributed by atoms with Crippen molar-refractivity contribution in [3.63, 3.8) is 0 Å². The number of hydrogen-bond donors (Lipinski definition) is 2. The second-order valence-corrected chi connectivity index (χ2v) is 6.02. The standard InChI is InChI=1S/C15H18BrFN2O3/c1-9-13(5-7-22-9)19-14(20)4-6-18-15(21)11-8-10(17)2-3-12(11)16/h2-3,8-9,13H,4-7H2,1H3,(H,18,21)(H,19,20). The van der Waals surface area contributed by atoms with Gasteiger partial charge in [-0.25, -0.2) is 4.39 Å². The predicted molar refractivity (Wildman–Crippen MR) is 83.0 cm³/mol. The Balaban J connectivity index is 1.77. The Labute approximate surface area is 136 Å². The zero-order valence-corrected chi connectivity index (χ0v) is 13.8. The lowest BCUT2D eigenvalue weighted by molar-refractivity contribution is -0.122. The Morgan fingerprint density at radius 1 is 1.45 bits per heavy atom. The minimum Gasteiger partial charge on any atom is -0.376 e. The van der Waals surface area contributed by atoms with Crippen molar-refractivity contribution in [2.24, 2.45) is 0 Å². The summed E-state index contributed by atoms with van der Waals surface area (Å²) in [4.78, 5) is 23.7. The van der Waals surface area contributed by atoms with Crippen molar-refractivity contribution in [1.29, 1.82) is 0 Å². The maximum atomic E-state index is 13.1. The third-order valence-corrected chi connectivity index (χ3v) is 4.22. The van der Waals surface area contributed by atoms with Gasteiger partial charge in [0.2, 0.25) is 5.91 Å². The third kappa shape index (κ3) is 4.51. The van der Waals surface area contributed by atoms with Crippen molar-refractivity contribution in [3.05, 3.63) is 34.1 Å². The largest absolute Gasteiger partial charge is 0.376 e. The highest BCUT2D eigenvalue weighted by molar-refractivity contribution is 9.10. The van der Waals surface area contributed by atoms with E-state index in [0.29, 0.717) is 11.1 Å². The number of ether oxygens (including phenoxy) is 1. The summed E-state index contributed by atoms with van der Waals surface area (Å²) < 4.78 is 19.0. The second-order valence-electron chi connectivity index (χ2n) is 5.17. The zero-order valence-electron chi connectivity index (χ0n) is 12.2. The first kappa shape index (κ1) is 16.9. The summed E-state index contributed by atoms with van der Waals surface area (Å²) in [5, 5.41) is 5.48. The number of rotatable bonds is 5. The predicted octanol–water partition coefficient (Wildman–Crippen LogP) is 2.00. The molecule has 0 bridgehead atoms. The number of halogens is 2. The summed E-state index contributed by atoms with van der Waals surface area (Å²) in [6.07, 6.45) is 0.985. The quantitative estimate of drug-likeness (QED) is 0.830. The molecule has 0 spiro atoms. The summed E-state index contributed by atoms with van der Waals surface area (Å²) in [6, 6.07) is 3.91. The lowest BCUT2D eigenvalue weighted by Gasteiger charge is -2.16. The van der Waals surface area contributed by atoms with E-state index < -0.39 is 11.7 Å². The van der Waals surface area contributed by atoms with Crippen LogP contribution in [-0.4, -0.2) is 37.1 Å². The minimum absolute atomic E-state index is 0.0155. The molecule has 2 amide bonds. The van der Waals surface area contributed by atoms with Crippen LogP contribution in [0.5, 0.6) is 0 Å². The Kier molecular flexibility index (Phi) is 5.90. The van der Waals surface area contributed by atoms with Crippen molar-refractivity contribution in [1.82, 2.24) is 10.6 Å². The van der Waals surface area contributed by atoms with E-state index in [1.807, 2.05) is 6.92 Å². The Hall–Kier alpha value is -1.47. The van der Waals surface area contributed by atoms with Gasteiger partial charge in [-0.15, -0.1) is 0 Å². The van der Waals surface area contributed by atoms with Crippen LogP contribution < -0.4 is 10.6 Å². The third-order valence-electron chi connectivity index (χ3n) is 3.53. The Bertz CT molecular complexity index is 568. The number of benzene rings is 1. The molecule has 0 saturated carbocycles. The average molecular weight is 373 g/mol. The van der Waals surface area contributed by atoms with Crippen LogP contribution in [0.2, 0.25) is 0 Å². The summed E-state index contributed by atoms with van der Waals surface area (Å²) in [6.45, 7) is 2.76. The van der Waals surface area contributed by atoms with E-state index >= 15 is 0 Å². The molecule has 1 aromatic carbocycles. The van der Waals surface area contributed by atoms with Gasteiger partial charge in [-0.2, -0.15) is 0 Å². The number of amides is 2. The van der Waals surface area contributed by atoms with Crippen molar-refractivity contribution >= 4 is 27.7 Å². The molecule has 5 nitrogen and oxygen atoms in total. The number of carbonyl (C=O) groups excluding carboxylic acids is 2. The molecule has 7 heteroatoms. The smallest absolute Gasteiger partial charge is 0.252 e. The average Bonchev–Trinajstić information content (AvgIpc) is 2.86. The van der Waals surface area contributed by atoms with Gasteiger partial charge in [0.05, 0.1) is 17.7 Å². The van der Waals surface area contributed by atoms with Gasteiger partial charge in [0.1, 0.15) is 5.82 Å². The molecular formula is C15H18BrFN2O3. The lowest BCUT2D eigenvalue weighted by Crippen LogP contribution is -2.40. The van der Waals surface area contributed by atoms with E-state index in [-0.39, 0.29) is 36.6 Å². The number of nitrogens with one attached hydrogen (secondary N) is 2. The highest BCUT2D eigenvalue weighted by atomic mass is 79.9. The summed E-state index contributed by atoms with van der Waals surface area (Å²) >= 11 is 3.20. The SMILES string of the molecule is CC1OCCC1NC(=O)CCNC(=O)c1cc(F)ccc1Br. The molecule has 1 saturated heterocycles. The monoisotopic (exact) mass is 372 g/mol. The topological polar surface area (TPSA) is 67.4 Å². The Morgan fingerprint density at radius 2 is 2.23 bits per heavy atom. The molecule has 2 rings (SSSR count). The maximum Gasteiger partial charge on any atom is 0.252 e. The lowest BCUT2D eigenvalue weighted by atomic mass is 10.1. The van der Waals surface area contributed by atoms with Crippen molar-refractivity contribution in [3.8, 4) is 0 Å². The van der Waals surface area contributed by atoms with Crippen LogP contribution in [-0.2, 0) is 9.53 Å². The fourth-order valence-electron chi connectivity index (χ4n) is 2.26. The van der Waals surface area contributed by atoms with Crippen LogP contribution in [0.3, 0.4) is 0 Å². The summed E-state index contributed by atoms with van der Waals surface area (Å²) in [5.41, 5.74) is 0.207. The number of carbonyl (C=O) groups is 2. The molecule has 2 unspecified atom stereocenters. The van der Waals surface area contributed by atoms with Gasteiger partial charge in [-0.3, -0.25) is 9.59 Å².